The van der Waals surface area contributed by atoms with Gasteiger partial charge >= 0.3 is 23.1 Å². The van der Waals surface area contributed by atoms with E-state index in [1.807, 2.05) is 32.9 Å². The van der Waals surface area contributed by atoms with E-state index < -0.39 is 8.46 Å². The van der Waals surface area contributed by atoms with Gasteiger partial charge < -0.3 is 0 Å². The smallest absolute Gasteiger partial charge is 0.234 e. The second-order valence-electron chi connectivity index (χ2n) is 3.20. The summed E-state index contributed by atoms with van der Waals surface area (Å²) in [5.74, 6) is 0. The number of hydrogen-bond acceptors (Lipinski definition) is 3. The molecule has 0 aliphatic carbocycles. The van der Waals surface area contributed by atoms with Crippen LogP contribution < -0.4 is 0 Å². The maximum absolute atomic E-state index is 11.3. The first kappa shape index (κ1) is 14.1. The normalized spacial score (nSPS) is 9.27. The van der Waals surface area contributed by atoms with Crippen LogP contribution in [-0.4, -0.2) is 5.52 Å². The Bertz CT molecular complexity index is 365. The summed E-state index contributed by atoms with van der Waals surface area (Å²) in [4.78, 5) is 11.3. The molecule has 3 nitrogen and oxygen atoms in total. The van der Waals surface area contributed by atoms with Crippen LogP contribution in [0, 0.1) is 20.8 Å². The highest BCUT2D eigenvalue weighted by Crippen LogP contribution is 2.20. The molecule has 0 N–H and O–H groups in total. The molecule has 80 valence electrons. The van der Waals surface area contributed by atoms with Crippen molar-refractivity contribution in [2.75, 3.05) is 0 Å². The van der Waals surface area contributed by atoms with E-state index in [4.69, 9.17) is 4.57 Å². The zero-order valence-electron chi connectivity index (χ0n) is 8.96. The molecule has 0 saturated carbocycles. The van der Waals surface area contributed by atoms with Crippen LogP contribution in [0.4, 0.5) is 0 Å². The van der Waals surface area contributed by atoms with Crippen molar-refractivity contribution in [3.63, 3.8) is 0 Å². The highest BCUT2D eigenvalue weighted by Gasteiger charge is 2.18. The second kappa shape index (κ2) is 6.55. The zero-order valence-corrected chi connectivity index (χ0v) is 11.1. The van der Waals surface area contributed by atoms with Crippen LogP contribution in [0.25, 0.3) is 0 Å². The molecular formula is C10H14O3P2+2. The van der Waals surface area contributed by atoms with Crippen molar-refractivity contribution in [3.8, 4) is 0 Å². The minimum Gasteiger partial charge on any atom is -0.234 e. The van der Waals surface area contributed by atoms with Gasteiger partial charge in [-0.25, -0.2) is 4.79 Å². The van der Waals surface area contributed by atoms with Crippen molar-refractivity contribution >= 4 is 23.1 Å². The lowest BCUT2D eigenvalue weighted by Crippen LogP contribution is -1.98. The Hall–Kier alpha value is -0.910. The largest absolute Gasteiger partial charge is 0.406 e. The van der Waals surface area contributed by atoms with E-state index in [1.54, 1.807) is 0 Å². The number of benzene rings is 1. The number of rotatable bonds is 2. The fraction of sp³-hybridized carbons (Fsp3) is 0.300. The van der Waals surface area contributed by atoms with E-state index in [0.717, 1.165) is 16.7 Å². The predicted molar refractivity (Wildman–Crippen MR) is 64.4 cm³/mol. The summed E-state index contributed by atoms with van der Waals surface area (Å²) in [6, 6.07) is 3.86. The van der Waals surface area contributed by atoms with Crippen LogP contribution in [-0.2, 0) is 9.13 Å². The topological polar surface area (TPSA) is 51.2 Å². The fourth-order valence-corrected chi connectivity index (χ4v) is 2.09. The highest BCUT2D eigenvalue weighted by molar-refractivity contribution is 7.47. The van der Waals surface area contributed by atoms with Crippen molar-refractivity contribution in [1.82, 2.24) is 0 Å². The molecule has 0 bridgehead atoms. The molecule has 0 spiro atoms. The molecule has 0 radical (unpaired) electrons. The molecule has 2 atom stereocenters. The molecule has 5 heteroatoms. The minimum atomic E-state index is -0.890. The Morgan fingerprint density at radius 2 is 1.53 bits per heavy atom. The fourth-order valence-electron chi connectivity index (χ4n) is 1.59. The number of carbonyl (C=O) groups excluding carboxylic acids is 1. The first-order valence-corrected chi connectivity index (χ1v) is 5.68. The third kappa shape index (κ3) is 3.62. The van der Waals surface area contributed by atoms with Gasteiger partial charge in [-0.3, -0.25) is 0 Å². The van der Waals surface area contributed by atoms with E-state index in [9.17, 15) is 9.36 Å². The van der Waals surface area contributed by atoms with Crippen LogP contribution in [0.3, 0.4) is 0 Å². The molecule has 1 rings (SSSR count). The molecular weight excluding hydrogens is 230 g/mol. The lowest BCUT2D eigenvalue weighted by atomic mass is 10.0. The summed E-state index contributed by atoms with van der Waals surface area (Å²) < 4.78 is 18.7. The van der Waals surface area contributed by atoms with Gasteiger partial charge in [0.05, 0.1) is 5.56 Å². The predicted octanol–water partition coefficient (Wildman–Crippen LogP) is 2.98. The second-order valence-corrected chi connectivity index (χ2v) is 3.86. The average molecular weight is 244 g/mol. The van der Waals surface area contributed by atoms with Gasteiger partial charge in [-0.1, -0.05) is 26.8 Å². The van der Waals surface area contributed by atoms with Gasteiger partial charge in [0.25, 0.3) is 0 Å². The molecule has 0 amide bonds. The Morgan fingerprint density at radius 3 is 1.87 bits per heavy atom. The highest BCUT2D eigenvalue weighted by atomic mass is 31.1. The number of hydrogen-bond donors (Lipinski definition) is 0. The monoisotopic (exact) mass is 244 g/mol. The van der Waals surface area contributed by atoms with Crippen LogP contribution >= 0.6 is 17.6 Å². The molecule has 0 heterocycles. The zero-order chi connectivity index (χ0) is 12.0. The summed E-state index contributed by atoms with van der Waals surface area (Å²) in [5.41, 5.74) is 3.27. The Kier molecular flexibility index (Phi) is 6.15. The van der Waals surface area contributed by atoms with E-state index in [0.29, 0.717) is 5.56 Å². The summed E-state index contributed by atoms with van der Waals surface area (Å²) in [6.45, 7) is 5.72. The third-order valence-corrected chi connectivity index (χ3v) is 2.43. The van der Waals surface area contributed by atoms with E-state index in [-0.39, 0.29) is 5.52 Å². The standard InChI is InChI=1S/C10H11O2P.H2OP/c1-6-4-7(2)9(8(3)5-6)10(11)13-12;1-2/h4-5H,1-3H3;2H2/q;+1/p+1. The first-order valence-electron chi connectivity index (χ1n) is 4.30. The van der Waals surface area contributed by atoms with E-state index >= 15 is 0 Å². The van der Waals surface area contributed by atoms with Crippen molar-refractivity contribution in [2.24, 2.45) is 0 Å². The lowest BCUT2D eigenvalue weighted by Gasteiger charge is -2.03. The summed E-state index contributed by atoms with van der Waals surface area (Å²) in [7, 11) is 0.276. The molecule has 0 aliphatic heterocycles. The maximum atomic E-state index is 11.3. The Balaban J connectivity index is 0.000000921. The third-order valence-electron chi connectivity index (χ3n) is 2.00. The molecule has 15 heavy (non-hydrogen) atoms. The molecule has 1 aromatic carbocycles. The minimum absolute atomic E-state index is 0.282. The van der Waals surface area contributed by atoms with E-state index in [2.05, 4.69) is 0 Å². The molecule has 0 aromatic heterocycles. The Morgan fingerprint density at radius 1 is 1.13 bits per heavy atom. The van der Waals surface area contributed by atoms with Crippen molar-refractivity contribution in [2.45, 2.75) is 20.8 Å². The SMILES string of the molecule is Cc1cc(C)c(C(=O)[PH+]=O)c(C)c1.O=[PH2+]. The average Bonchev–Trinajstić information content (AvgIpc) is 2.19. The van der Waals surface area contributed by atoms with Crippen LogP contribution in [0.5, 0.6) is 0 Å². The van der Waals surface area contributed by atoms with Crippen molar-refractivity contribution in [3.05, 3.63) is 34.4 Å². The maximum Gasteiger partial charge on any atom is 0.406 e. The van der Waals surface area contributed by atoms with Gasteiger partial charge in [0.2, 0.25) is 0 Å². The molecule has 0 fully saturated rings. The van der Waals surface area contributed by atoms with Crippen LogP contribution in [0.2, 0.25) is 0 Å². The number of aryl methyl sites for hydroxylation is 3. The van der Waals surface area contributed by atoms with Gasteiger partial charge in [0, 0.05) is 0 Å². The summed E-state index contributed by atoms with van der Waals surface area (Å²) in [5, 5.41) is 0. The van der Waals surface area contributed by atoms with Crippen molar-refractivity contribution in [1.29, 1.82) is 0 Å². The van der Waals surface area contributed by atoms with Gasteiger partial charge in [-0.2, -0.15) is 0 Å². The van der Waals surface area contributed by atoms with Gasteiger partial charge in [0.1, 0.15) is 0 Å². The van der Waals surface area contributed by atoms with Crippen LogP contribution in [0.1, 0.15) is 27.0 Å². The van der Waals surface area contributed by atoms with Crippen molar-refractivity contribution < 1.29 is 13.9 Å². The molecule has 1 aromatic rings. The lowest BCUT2D eigenvalue weighted by molar-refractivity contribution is 0.108. The molecule has 0 saturated heterocycles. The quantitative estimate of drug-likeness (QED) is 0.751. The summed E-state index contributed by atoms with van der Waals surface area (Å²) >= 11 is 0. The van der Waals surface area contributed by atoms with Gasteiger partial charge in [0.15, 0.2) is 0 Å². The Labute approximate surface area is 92.7 Å². The van der Waals surface area contributed by atoms with Gasteiger partial charge in [-0.15, -0.1) is 0 Å². The molecule has 2 unspecified atom stereocenters. The first-order chi connectivity index (χ1) is 7.06. The summed E-state index contributed by atoms with van der Waals surface area (Å²) in [6.07, 6.45) is 0. The van der Waals surface area contributed by atoms with Gasteiger partial charge in [-0.05, 0) is 31.9 Å². The molecule has 0 aliphatic rings. The van der Waals surface area contributed by atoms with E-state index in [1.165, 1.54) is 9.12 Å². The van der Waals surface area contributed by atoms with Crippen LogP contribution in [0.15, 0.2) is 12.1 Å². The number of carbonyl (C=O) groups is 1.